The lowest BCUT2D eigenvalue weighted by Crippen LogP contribution is -2.50. The van der Waals surface area contributed by atoms with Gasteiger partial charge in [-0.05, 0) is 24.2 Å². The first-order valence-electron chi connectivity index (χ1n) is 4.75. The molecule has 1 nitrogen and oxygen atoms in total. The molecule has 1 atom stereocenters. The summed E-state index contributed by atoms with van der Waals surface area (Å²) in [5.74, 6) is 0. The minimum atomic E-state index is -0.0781. The van der Waals surface area contributed by atoms with Crippen LogP contribution >= 0.6 is 0 Å². The lowest BCUT2D eigenvalue weighted by molar-refractivity contribution is 0.141. The molecule has 0 aromatic rings. The number of nitrogens with two attached hydrogens (primary N) is 1. The van der Waals surface area contributed by atoms with Crippen molar-refractivity contribution >= 4 is 0 Å². The average molecular weight is 171 g/mol. The standard InChI is InChI=1S/C11H25N/c1-9(2,3)8-11(7,12)10(4,5)6/h8,12H2,1-7H3. The highest BCUT2D eigenvalue weighted by molar-refractivity contribution is 4.93. The van der Waals surface area contributed by atoms with Crippen molar-refractivity contribution in [2.45, 2.75) is 60.4 Å². The Morgan fingerprint density at radius 2 is 1.17 bits per heavy atom. The van der Waals surface area contributed by atoms with Crippen LogP contribution in [0.4, 0.5) is 0 Å². The Hall–Kier alpha value is -0.0400. The Morgan fingerprint density at radius 1 is 0.833 bits per heavy atom. The zero-order chi connectivity index (χ0) is 10.2. The first-order chi connectivity index (χ1) is 4.96. The van der Waals surface area contributed by atoms with Crippen LogP contribution in [0.5, 0.6) is 0 Å². The van der Waals surface area contributed by atoms with Crippen molar-refractivity contribution in [3.8, 4) is 0 Å². The average Bonchev–Trinajstić information content (AvgIpc) is 1.52. The second kappa shape index (κ2) is 3.02. The summed E-state index contributed by atoms with van der Waals surface area (Å²) < 4.78 is 0. The van der Waals surface area contributed by atoms with Crippen LogP contribution in [-0.4, -0.2) is 5.54 Å². The maximum absolute atomic E-state index is 6.28. The summed E-state index contributed by atoms with van der Waals surface area (Å²) in [5.41, 5.74) is 6.70. The first kappa shape index (κ1) is 12.0. The van der Waals surface area contributed by atoms with E-state index in [4.69, 9.17) is 5.73 Å². The van der Waals surface area contributed by atoms with Crippen molar-refractivity contribution in [2.24, 2.45) is 16.6 Å². The minimum Gasteiger partial charge on any atom is -0.325 e. The smallest absolute Gasteiger partial charge is 0.0179 e. The molecule has 0 rings (SSSR count). The molecule has 0 radical (unpaired) electrons. The Morgan fingerprint density at radius 3 is 1.25 bits per heavy atom. The Bertz CT molecular complexity index is 143. The minimum absolute atomic E-state index is 0.0781. The van der Waals surface area contributed by atoms with Crippen molar-refractivity contribution < 1.29 is 0 Å². The lowest BCUT2D eigenvalue weighted by Gasteiger charge is -2.42. The molecule has 2 N–H and O–H groups in total. The molecule has 1 heteroatoms. The van der Waals surface area contributed by atoms with Crippen molar-refractivity contribution in [3.05, 3.63) is 0 Å². The maximum Gasteiger partial charge on any atom is 0.0179 e. The molecule has 0 saturated heterocycles. The first-order valence-corrected chi connectivity index (χ1v) is 4.75. The summed E-state index contributed by atoms with van der Waals surface area (Å²) in [6, 6.07) is 0. The van der Waals surface area contributed by atoms with Gasteiger partial charge in [0, 0.05) is 5.54 Å². The van der Waals surface area contributed by atoms with E-state index < -0.39 is 0 Å². The van der Waals surface area contributed by atoms with Gasteiger partial charge >= 0.3 is 0 Å². The van der Waals surface area contributed by atoms with Gasteiger partial charge in [-0.1, -0.05) is 41.5 Å². The fourth-order valence-electron chi connectivity index (χ4n) is 1.37. The van der Waals surface area contributed by atoms with Crippen LogP contribution in [0.3, 0.4) is 0 Å². The SMILES string of the molecule is CC(C)(C)CC(C)(N)C(C)(C)C. The van der Waals surface area contributed by atoms with E-state index in [-0.39, 0.29) is 11.0 Å². The van der Waals surface area contributed by atoms with E-state index in [0.717, 1.165) is 6.42 Å². The van der Waals surface area contributed by atoms with Crippen LogP contribution in [0.1, 0.15) is 54.9 Å². The highest BCUT2D eigenvalue weighted by atomic mass is 14.8. The van der Waals surface area contributed by atoms with Crippen molar-refractivity contribution in [2.75, 3.05) is 0 Å². The lowest BCUT2D eigenvalue weighted by atomic mass is 9.68. The van der Waals surface area contributed by atoms with E-state index in [0.29, 0.717) is 5.41 Å². The number of hydrogen-bond acceptors (Lipinski definition) is 1. The third kappa shape index (κ3) is 3.57. The quantitative estimate of drug-likeness (QED) is 0.644. The molecule has 0 aliphatic heterocycles. The Balaban J connectivity index is 4.44. The highest BCUT2D eigenvalue weighted by Crippen LogP contribution is 2.37. The predicted molar refractivity (Wildman–Crippen MR) is 56.1 cm³/mol. The van der Waals surface area contributed by atoms with Gasteiger partial charge in [0.1, 0.15) is 0 Å². The third-order valence-corrected chi connectivity index (χ3v) is 2.61. The normalized spacial score (nSPS) is 19.0. The van der Waals surface area contributed by atoms with E-state index in [1.54, 1.807) is 0 Å². The van der Waals surface area contributed by atoms with Gasteiger partial charge in [-0.25, -0.2) is 0 Å². The van der Waals surface area contributed by atoms with Crippen LogP contribution in [0.2, 0.25) is 0 Å². The van der Waals surface area contributed by atoms with Crippen LogP contribution in [0, 0.1) is 10.8 Å². The molecule has 0 bridgehead atoms. The van der Waals surface area contributed by atoms with Gasteiger partial charge in [0.05, 0.1) is 0 Å². The van der Waals surface area contributed by atoms with Gasteiger partial charge in [0.15, 0.2) is 0 Å². The number of rotatable bonds is 1. The molecule has 0 aliphatic carbocycles. The molecule has 0 aromatic heterocycles. The van der Waals surface area contributed by atoms with Gasteiger partial charge in [-0.2, -0.15) is 0 Å². The molecule has 0 aromatic carbocycles. The van der Waals surface area contributed by atoms with Crippen LogP contribution in [0.25, 0.3) is 0 Å². The largest absolute Gasteiger partial charge is 0.325 e. The molecule has 0 heterocycles. The van der Waals surface area contributed by atoms with Crippen molar-refractivity contribution in [3.63, 3.8) is 0 Å². The highest BCUT2D eigenvalue weighted by Gasteiger charge is 2.36. The molecule has 12 heavy (non-hydrogen) atoms. The predicted octanol–water partition coefficient (Wildman–Crippen LogP) is 3.19. The molecule has 0 aliphatic rings. The summed E-state index contributed by atoms with van der Waals surface area (Å²) >= 11 is 0. The molecule has 0 saturated carbocycles. The zero-order valence-corrected chi connectivity index (χ0v) is 9.78. The van der Waals surface area contributed by atoms with E-state index >= 15 is 0 Å². The van der Waals surface area contributed by atoms with Gasteiger partial charge in [-0.3, -0.25) is 0 Å². The molecular formula is C11H25N. The van der Waals surface area contributed by atoms with Crippen LogP contribution in [-0.2, 0) is 0 Å². The fraction of sp³-hybridized carbons (Fsp3) is 1.00. The van der Waals surface area contributed by atoms with Crippen molar-refractivity contribution in [1.29, 1.82) is 0 Å². The van der Waals surface area contributed by atoms with E-state index in [1.165, 1.54) is 0 Å². The van der Waals surface area contributed by atoms with Gasteiger partial charge in [-0.15, -0.1) is 0 Å². The topological polar surface area (TPSA) is 26.0 Å². The molecule has 0 fully saturated rings. The molecule has 0 amide bonds. The molecular weight excluding hydrogens is 146 g/mol. The Labute approximate surface area is 77.7 Å². The van der Waals surface area contributed by atoms with Crippen LogP contribution < -0.4 is 5.73 Å². The summed E-state index contributed by atoms with van der Waals surface area (Å²) in [7, 11) is 0. The summed E-state index contributed by atoms with van der Waals surface area (Å²) in [5, 5.41) is 0. The van der Waals surface area contributed by atoms with E-state index in [9.17, 15) is 0 Å². The van der Waals surface area contributed by atoms with Gasteiger partial charge in [0.25, 0.3) is 0 Å². The second-order valence-corrected chi connectivity index (χ2v) is 6.40. The summed E-state index contributed by atoms with van der Waals surface area (Å²) in [6.07, 6.45) is 1.06. The van der Waals surface area contributed by atoms with Crippen molar-refractivity contribution in [1.82, 2.24) is 0 Å². The van der Waals surface area contributed by atoms with Gasteiger partial charge < -0.3 is 5.73 Å². The molecule has 1 unspecified atom stereocenters. The fourth-order valence-corrected chi connectivity index (χ4v) is 1.37. The Kier molecular flexibility index (Phi) is 3.01. The van der Waals surface area contributed by atoms with E-state index in [2.05, 4.69) is 48.5 Å². The third-order valence-electron chi connectivity index (χ3n) is 2.61. The van der Waals surface area contributed by atoms with E-state index in [1.807, 2.05) is 0 Å². The van der Waals surface area contributed by atoms with Crippen LogP contribution in [0.15, 0.2) is 0 Å². The zero-order valence-electron chi connectivity index (χ0n) is 9.78. The second-order valence-electron chi connectivity index (χ2n) is 6.40. The summed E-state index contributed by atoms with van der Waals surface area (Å²) in [6.45, 7) is 15.5. The summed E-state index contributed by atoms with van der Waals surface area (Å²) in [4.78, 5) is 0. The maximum atomic E-state index is 6.28. The molecule has 0 spiro atoms. The monoisotopic (exact) mass is 171 g/mol. The molecule has 74 valence electrons. The van der Waals surface area contributed by atoms with Gasteiger partial charge in [0.2, 0.25) is 0 Å². The number of hydrogen-bond donors (Lipinski definition) is 1.